The molecule has 1 fully saturated rings. The van der Waals surface area contributed by atoms with Crippen LogP contribution >= 0.6 is 0 Å². The van der Waals surface area contributed by atoms with Crippen molar-refractivity contribution in [2.75, 3.05) is 13.6 Å². The summed E-state index contributed by atoms with van der Waals surface area (Å²) in [6.07, 6.45) is 7.90. The first kappa shape index (κ1) is 19.5. The summed E-state index contributed by atoms with van der Waals surface area (Å²) in [6.45, 7) is 4.00. The van der Waals surface area contributed by atoms with Crippen molar-refractivity contribution in [3.8, 4) is 0 Å². The van der Waals surface area contributed by atoms with Crippen LogP contribution in [0.4, 0.5) is 0 Å². The van der Waals surface area contributed by atoms with Gasteiger partial charge in [-0.25, -0.2) is 0 Å². The van der Waals surface area contributed by atoms with E-state index in [0.29, 0.717) is 12.3 Å². The summed E-state index contributed by atoms with van der Waals surface area (Å²) < 4.78 is 5.44. The highest BCUT2D eigenvalue weighted by Crippen LogP contribution is 2.17. The molecule has 0 unspecified atom stereocenters. The molecule has 6 nitrogen and oxygen atoms in total. The lowest BCUT2D eigenvalue weighted by Gasteiger charge is -2.23. The standard InChI is InChI=1S/C17H31N3O3/c1-13-10-8-6-4-5-7-9-11-15(21)19-17(18)20(3)12-16(22)23-14(13)2/h13-14H,4-12H2,1-3H3,(H2,18,19,21)/t13-,14-/m1/s1. The second kappa shape index (κ2) is 10.2. The first-order chi connectivity index (χ1) is 10.9. The Bertz CT molecular complexity index is 412. The van der Waals surface area contributed by atoms with Crippen molar-refractivity contribution in [3.05, 3.63) is 0 Å². The number of nitrogens with one attached hydrogen (secondary N) is 2. The number of esters is 1. The summed E-state index contributed by atoms with van der Waals surface area (Å²) in [5.74, 6) is -0.257. The van der Waals surface area contributed by atoms with Gasteiger partial charge in [0.25, 0.3) is 0 Å². The molecule has 1 saturated heterocycles. The molecule has 0 aromatic rings. The molecule has 0 aromatic carbocycles. The molecule has 132 valence electrons. The van der Waals surface area contributed by atoms with Gasteiger partial charge in [0, 0.05) is 13.5 Å². The van der Waals surface area contributed by atoms with Gasteiger partial charge in [0.2, 0.25) is 5.91 Å². The van der Waals surface area contributed by atoms with Crippen LogP contribution in [0.3, 0.4) is 0 Å². The number of rotatable bonds is 0. The van der Waals surface area contributed by atoms with E-state index in [1.165, 1.54) is 17.7 Å². The second-order valence-corrected chi connectivity index (χ2v) is 6.59. The number of carbonyl (C=O) groups is 2. The molecule has 0 radical (unpaired) electrons. The zero-order chi connectivity index (χ0) is 17.2. The number of guanidine groups is 1. The average Bonchev–Trinajstić information content (AvgIpc) is 2.48. The molecule has 0 bridgehead atoms. The largest absolute Gasteiger partial charge is 0.461 e. The van der Waals surface area contributed by atoms with E-state index in [1.807, 2.05) is 6.92 Å². The van der Waals surface area contributed by atoms with Gasteiger partial charge >= 0.3 is 5.97 Å². The third kappa shape index (κ3) is 8.00. The van der Waals surface area contributed by atoms with E-state index in [9.17, 15) is 9.59 Å². The Kier molecular flexibility index (Phi) is 8.66. The van der Waals surface area contributed by atoms with Crippen molar-refractivity contribution in [2.24, 2.45) is 5.92 Å². The highest BCUT2D eigenvalue weighted by Gasteiger charge is 2.19. The number of likely N-dealkylation sites (N-methyl/N-ethyl adjacent to an activating group) is 1. The van der Waals surface area contributed by atoms with Crippen molar-refractivity contribution < 1.29 is 14.3 Å². The summed E-state index contributed by atoms with van der Waals surface area (Å²) in [5, 5.41) is 10.4. The molecule has 0 spiro atoms. The van der Waals surface area contributed by atoms with Gasteiger partial charge in [-0.05, 0) is 25.7 Å². The molecule has 1 heterocycles. The van der Waals surface area contributed by atoms with Crippen LogP contribution < -0.4 is 5.32 Å². The normalized spacial score (nSPS) is 27.1. The van der Waals surface area contributed by atoms with Crippen LogP contribution in [-0.4, -0.2) is 42.4 Å². The van der Waals surface area contributed by atoms with E-state index in [1.54, 1.807) is 7.05 Å². The Morgan fingerprint density at radius 2 is 1.70 bits per heavy atom. The molecule has 0 aliphatic carbocycles. The van der Waals surface area contributed by atoms with Crippen LogP contribution in [0.15, 0.2) is 0 Å². The number of hydrogen-bond donors (Lipinski definition) is 2. The second-order valence-electron chi connectivity index (χ2n) is 6.59. The smallest absolute Gasteiger partial charge is 0.325 e. The van der Waals surface area contributed by atoms with Crippen molar-refractivity contribution >= 4 is 17.8 Å². The molecule has 2 atom stereocenters. The van der Waals surface area contributed by atoms with Crippen LogP contribution in [-0.2, 0) is 14.3 Å². The SMILES string of the molecule is C[C@@H]1CCCCCCCCC(=O)NC(=N)N(C)CC(=O)O[C@@H]1C. The zero-order valence-electron chi connectivity index (χ0n) is 14.7. The van der Waals surface area contributed by atoms with E-state index in [-0.39, 0.29) is 30.5 Å². The molecular formula is C17H31N3O3. The lowest BCUT2D eigenvalue weighted by atomic mass is 9.97. The Morgan fingerprint density at radius 1 is 1.09 bits per heavy atom. The lowest BCUT2D eigenvalue weighted by Crippen LogP contribution is -2.44. The third-order valence-corrected chi connectivity index (χ3v) is 4.44. The van der Waals surface area contributed by atoms with Crippen molar-refractivity contribution in [1.82, 2.24) is 10.2 Å². The van der Waals surface area contributed by atoms with Crippen LogP contribution in [0.25, 0.3) is 0 Å². The van der Waals surface area contributed by atoms with E-state index in [2.05, 4.69) is 12.2 Å². The minimum atomic E-state index is -0.366. The summed E-state index contributed by atoms with van der Waals surface area (Å²) in [4.78, 5) is 25.1. The molecule has 0 aromatic heterocycles. The molecule has 1 aliphatic heterocycles. The first-order valence-corrected chi connectivity index (χ1v) is 8.69. The predicted molar refractivity (Wildman–Crippen MR) is 90.2 cm³/mol. The quantitative estimate of drug-likeness (QED) is 0.671. The van der Waals surface area contributed by atoms with Crippen molar-refractivity contribution in [3.63, 3.8) is 0 Å². The molecule has 1 amide bonds. The Morgan fingerprint density at radius 3 is 2.39 bits per heavy atom. The van der Waals surface area contributed by atoms with Gasteiger partial charge in [-0.2, -0.15) is 0 Å². The van der Waals surface area contributed by atoms with Gasteiger partial charge < -0.3 is 9.64 Å². The van der Waals surface area contributed by atoms with Gasteiger partial charge in [-0.1, -0.05) is 39.0 Å². The number of nitrogens with zero attached hydrogens (tertiary/aromatic N) is 1. The molecule has 6 heteroatoms. The third-order valence-electron chi connectivity index (χ3n) is 4.44. The molecular weight excluding hydrogens is 294 g/mol. The van der Waals surface area contributed by atoms with Crippen LogP contribution in [0.1, 0.15) is 65.2 Å². The Balaban J connectivity index is 2.60. The molecule has 23 heavy (non-hydrogen) atoms. The summed E-state index contributed by atoms with van der Waals surface area (Å²) >= 11 is 0. The summed E-state index contributed by atoms with van der Waals surface area (Å²) in [6, 6.07) is 0. The van der Waals surface area contributed by atoms with E-state index < -0.39 is 0 Å². The predicted octanol–water partition coefficient (Wildman–Crippen LogP) is 2.67. The summed E-state index contributed by atoms with van der Waals surface area (Å²) in [7, 11) is 1.60. The average molecular weight is 325 g/mol. The molecule has 2 N–H and O–H groups in total. The number of cyclic esters (lactones) is 1. The van der Waals surface area contributed by atoms with Crippen LogP contribution in [0, 0.1) is 11.3 Å². The van der Waals surface area contributed by atoms with Crippen LogP contribution in [0.2, 0.25) is 0 Å². The van der Waals surface area contributed by atoms with Gasteiger partial charge in [-0.3, -0.25) is 20.3 Å². The zero-order valence-corrected chi connectivity index (χ0v) is 14.7. The molecule has 0 saturated carbocycles. The van der Waals surface area contributed by atoms with Crippen molar-refractivity contribution in [2.45, 2.75) is 71.3 Å². The van der Waals surface area contributed by atoms with E-state index >= 15 is 0 Å². The lowest BCUT2D eigenvalue weighted by molar-refractivity contribution is -0.150. The van der Waals surface area contributed by atoms with E-state index in [0.717, 1.165) is 32.1 Å². The minimum Gasteiger partial charge on any atom is -0.461 e. The Hall–Kier alpha value is -1.59. The number of hydrogen-bond acceptors (Lipinski definition) is 4. The highest BCUT2D eigenvalue weighted by molar-refractivity contribution is 5.96. The van der Waals surface area contributed by atoms with Gasteiger partial charge in [-0.15, -0.1) is 0 Å². The number of ether oxygens (including phenoxy) is 1. The monoisotopic (exact) mass is 325 g/mol. The number of amides is 1. The first-order valence-electron chi connectivity index (χ1n) is 8.69. The fourth-order valence-corrected chi connectivity index (χ4v) is 2.62. The molecule has 1 aliphatic rings. The van der Waals surface area contributed by atoms with Crippen molar-refractivity contribution in [1.29, 1.82) is 5.41 Å². The summed E-state index contributed by atoms with van der Waals surface area (Å²) in [5.41, 5.74) is 0. The minimum absolute atomic E-state index is 0.0316. The fourth-order valence-electron chi connectivity index (χ4n) is 2.62. The maximum absolute atomic E-state index is 12.0. The van der Waals surface area contributed by atoms with Gasteiger partial charge in [0.1, 0.15) is 12.6 Å². The van der Waals surface area contributed by atoms with Gasteiger partial charge in [0.15, 0.2) is 5.96 Å². The molecule has 1 rings (SSSR count). The topological polar surface area (TPSA) is 82.5 Å². The van der Waals surface area contributed by atoms with Crippen LogP contribution in [0.5, 0.6) is 0 Å². The van der Waals surface area contributed by atoms with Gasteiger partial charge in [0.05, 0.1) is 0 Å². The maximum Gasteiger partial charge on any atom is 0.325 e. The van der Waals surface area contributed by atoms with E-state index in [4.69, 9.17) is 10.1 Å². The maximum atomic E-state index is 12.0. The number of carbonyl (C=O) groups excluding carboxylic acids is 2. The fraction of sp³-hybridized carbons (Fsp3) is 0.824. The highest BCUT2D eigenvalue weighted by atomic mass is 16.5. The Labute approximate surface area is 139 Å².